The van der Waals surface area contributed by atoms with E-state index >= 15 is 0 Å². The number of carboxylic acid groups (broad SMARTS) is 1. The van der Waals surface area contributed by atoms with E-state index in [0.29, 0.717) is 5.71 Å². The van der Waals surface area contributed by atoms with E-state index in [9.17, 15) is 4.79 Å². The molecule has 1 rings (SSSR count). The predicted molar refractivity (Wildman–Crippen MR) is 70.8 cm³/mol. The van der Waals surface area contributed by atoms with Crippen LogP contribution in [0.2, 0.25) is 0 Å². The second kappa shape index (κ2) is 5.16. The summed E-state index contributed by atoms with van der Waals surface area (Å²) in [7, 11) is 0. The van der Waals surface area contributed by atoms with E-state index in [1.165, 1.54) is 0 Å². The summed E-state index contributed by atoms with van der Waals surface area (Å²) < 4.78 is 0. The van der Waals surface area contributed by atoms with Gasteiger partial charge in [0.25, 0.3) is 0 Å². The molecular formula is C13H19N3O2. The Morgan fingerprint density at radius 1 is 1.39 bits per heavy atom. The number of carbonyl (C=O) groups is 1. The second-order valence-electron chi connectivity index (χ2n) is 5.14. The van der Waals surface area contributed by atoms with Crippen molar-refractivity contribution in [1.29, 1.82) is 0 Å². The maximum Gasteiger partial charge on any atom is 0.428 e. The maximum absolute atomic E-state index is 11.2. The smallest absolute Gasteiger partial charge is 0.428 e. The quantitative estimate of drug-likeness (QED) is 0.647. The predicted octanol–water partition coefficient (Wildman–Crippen LogP) is 2.89. The largest absolute Gasteiger partial charge is 0.464 e. The van der Waals surface area contributed by atoms with Crippen LogP contribution in [-0.4, -0.2) is 32.4 Å². The molecule has 0 radical (unpaired) electrons. The van der Waals surface area contributed by atoms with Gasteiger partial charge < -0.3 is 5.11 Å². The van der Waals surface area contributed by atoms with Gasteiger partial charge in [-0.25, -0.2) is 4.79 Å². The highest BCUT2D eigenvalue weighted by atomic mass is 16.4. The normalized spacial score (nSPS) is 12.4. The summed E-state index contributed by atoms with van der Waals surface area (Å²) in [4.78, 5) is 15.3. The molecule has 0 fully saturated rings. The van der Waals surface area contributed by atoms with Crippen molar-refractivity contribution in [3.63, 3.8) is 0 Å². The minimum Gasteiger partial charge on any atom is -0.464 e. The van der Waals surface area contributed by atoms with Crippen LogP contribution in [0.1, 0.15) is 39.0 Å². The molecule has 5 nitrogen and oxygen atoms in total. The molecule has 0 aliphatic carbocycles. The third kappa shape index (κ3) is 3.55. The lowest BCUT2D eigenvalue weighted by atomic mass is 10.1. The third-order valence-electron chi connectivity index (χ3n) is 2.40. The number of amides is 1. The van der Waals surface area contributed by atoms with Crippen molar-refractivity contribution in [3.8, 4) is 0 Å². The Balaban J connectivity index is 3.06. The average Bonchev–Trinajstić information content (AvgIpc) is 2.24. The van der Waals surface area contributed by atoms with Crippen LogP contribution < -0.4 is 0 Å². The first-order chi connectivity index (χ1) is 8.21. The van der Waals surface area contributed by atoms with Crippen LogP contribution >= 0.6 is 0 Å². The highest BCUT2D eigenvalue weighted by molar-refractivity contribution is 5.98. The van der Waals surface area contributed by atoms with Crippen LogP contribution in [-0.2, 0) is 0 Å². The molecule has 1 aromatic rings. The van der Waals surface area contributed by atoms with E-state index in [0.717, 1.165) is 16.3 Å². The van der Waals surface area contributed by atoms with E-state index in [2.05, 4.69) is 10.1 Å². The molecule has 1 aromatic heterocycles. The minimum absolute atomic E-state index is 0.578. The summed E-state index contributed by atoms with van der Waals surface area (Å²) in [6, 6.07) is 3.75. The van der Waals surface area contributed by atoms with E-state index in [4.69, 9.17) is 5.11 Å². The standard InChI is InChI=1S/C13H19N3O2/c1-9-6-7-11(8-14-9)10(2)15-16(12(17)18)13(3,4)5/h6-8H,1-5H3,(H,17,18). The summed E-state index contributed by atoms with van der Waals surface area (Å²) in [6.07, 6.45) is 0.624. The SMILES string of the molecule is CC(=NN(C(=O)O)C(C)(C)C)c1ccc(C)nc1. The molecule has 0 saturated carbocycles. The zero-order chi connectivity index (χ0) is 13.9. The van der Waals surface area contributed by atoms with Gasteiger partial charge in [0.15, 0.2) is 0 Å². The summed E-state index contributed by atoms with van der Waals surface area (Å²) >= 11 is 0. The number of pyridine rings is 1. The molecule has 0 saturated heterocycles. The van der Waals surface area contributed by atoms with Gasteiger partial charge in [-0.3, -0.25) is 4.98 Å². The average molecular weight is 249 g/mol. The fourth-order valence-electron chi connectivity index (χ4n) is 1.37. The second-order valence-corrected chi connectivity index (χ2v) is 5.14. The molecule has 5 heteroatoms. The van der Waals surface area contributed by atoms with Crippen molar-refractivity contribution in [1.82, 2.24) is 9.99 Å². The van der Waals surface area contributed by atoms with Crippen LogP contribution in [0.25, 0.3) is 0 Å². The van der Waals surface area contributed by atoms with Crippen molar-refractivity contribution in [2.75, 3.05) is 0 Å². The van der Waals surface area contributed by atoms with Crippen LogP contribution in [0.3, 0.4) is 0 Å². The third-order valence-corrected chi connectivity index (χ3v) is 2.40. The van der Waals surface area contributed by atoms with Gasteiger partial charge in [-0.2, -0.15) is 10.1 Å². The van der Waals surface area contributed by atoms with Gasteiger partial charge in [-0.1, -0.05) is 0 Å². The van der Waals surface area contributed by atoms with Gasteiger partial charge in [0, 0.05) is 17.5 Å². The summed E-state index contributed by atoms with van der Waals surface area (Å²) in [6.45, 7) is 9.06. The van der Waals surface area contributed by atoms with Gasteiger partial charge in [-0.15, -0.1) is 0 Å². The van der Waals surface area contributed by atoms with Crippen molar-refractivity contribution < 1.29 is 9.90 Å². The first-order valence-electron chi connectivity index (χ1n) is 5.73. The van der Waals surface area contributed by atoms with Crippen LogP contribution in [0.4, 0.5) is 4.79 Å². The molecule has 1 heterocycles. The number of rotatable bonds is 2. The lowest BCUT2D eigenvalue weighted by Gasteiger charge is -2.28. The Bertz CT molecular complexity index is 458. The molecule has 18 heavy (non-hydrogen) atoms. The zero-order valence-corrected chi connectivity index (χ0v) is 11.4. The summed E-state index contributed by atoms with van der Waals surface area (Å²) in [5, 5.41) is 14.4. The summed E-state index contributed by atoms with van der Waals surface area (Å²) in [5.41, 5.74) is 1.78. The molecule has 0 aliphatic heterocycles. The van der Waals surface area contributed by atoms with Gasteiger partial charge >= 0.3 is 6.09 Å². The molecule has 0 unspecified atom stereocenters. The van der Waals surface area contributed by atoms with Crippen molar-refractivity contribution in [2.24, 2.45) is 5.10 Å². The Morgan fingerprint density at radius 3 is 2.39 bits per heavy atom. The number of hydrogen-bond acceptors (Lipinski definition) is 3. The monoisotopic (exact) mass is 249 g/mol. The number of aromatic nitrogens is 1. The zero-order valence-electron chi connectivity index (χ0n) is 11.4. The van der Waals surface area contributed by atoms with Crippen molar-refractivity contribution in [2.45, 2.75) is 40.2 Å². The van der Waals surface area contributed by atoms with E-state index < -0.39 is 11.6 Å². The number of aryl methyl sites for hydroxylation is 1. The van der Waals surface area contributed by atoms with Crippen LogP contribution in [0.15, 0.2) is 23.4 Å². The van der Waals surface area contributed by atoms with Gasteiger partial charge in [0.05, 0.1) is 11.3 Å². The Morgan fingerprint density at radius 2 is 2.00 bits per heavy atom. The van der Waals surface area contributed by atoms with Crippen LogP contribution in [0, 0.1) is 6.92 Å². The van der Waals surface area contributed by atoms with Gasteiger partial charge in [-0.05, 0) is 46.8 Å². The highest BCUT2D eigenvalue weighted by Gasteiger charge is 2.26. The highest BCUT2D eigenvalue weighted by Crippen LogP contribution is 2.15. The van der Waals surface area contributed by atoms with E-state index in [-0.39, 0.29) is 0 Å². The molecule has 0 aromatic carbocycles. The molecular weight excluding hydrogens is 230 g/mol. The number of nitrogens with zero attached hydrogens (tertiary/aromatic N) is 3. The minimum atomic E-state index is -1.07. The first kappa shape index (κ1) is 14.2. The molecule has 0 spiro atoms. The molecule has 1 N–H and O–H groups in total. The topological polar surface area (TPSA) is 65.8 Å². The van der Waals surface area contributed by atoms with Gasteiger partial charge in [0.2, 0.25) is 0 Å². The fourth-order valence-corrected chi connectivity index (χ4v) is 1.37. The number of hydrazone groups is 1. The summed E-state index contributed by atoms with van der Waals surface area (Å²) in [5.74, 6) is 0. The maximum atomic E-state index is 11.2. The van der Waals surface area contributed by atoms with Crippen molar-refractivity contribution in [3.05, 3.63) is 29.6 Å². The van der Waals surface area contributed by atoms with Crippen molar-refractivity contribution >= 4 is 11.8 Å². The first-order valence-corrected chi connectivity index (χ1v) is 5.73. The van der Waals surface area contributed by atoms with Gasteiger partial charge in [0.1, 0.15) is 0 Å². The molecule has 0 atom stereocenters. The fraction of sp³-hybridized carbons (Fsp3) is 0.462. The van der Waals surface area contributed by atoms with Crippen LogP contribution in [0.5, 0.6) is 0 Å². The molecule has 1 amide bonds. The molecule has 0 aliphatic rings. The number of hydrogen-bond donors (Lipinski definition) is 1. The van der Waals surface area contributed by atoms with E-state index in [1.54, 1.807) is 33.9 Å². The lowest BCUT2D eigenvalue weighted by Crippen LogP contribution is -2.41. The lowest BCUT2D eigenvalue weighted by molar-refractivity contribution is 0.103. The molecule has 0 bridgehead atoms. The Kier molecular flexibility index (Phi) is 4.06. The Labute approximate surface area is 107 Å². The Hall–Kier alpha value is -1.91. The van der Waals surface area contributed by atoms with E-state index in [1.807, 2.05) is 19.1 Å². The molecule has 98 valence electrons.